The van der Waals surface area contributed by atoms with Crippen LogP contribution in [0.5, 0.6) is 5.75 Å². The molecule has 1 saturated heterocycles. The second-order valence-electron chi connectivity index (χ2n) is 5.46. The zero-order valence-electron chi connectivity index (χ0n) is 13.1. The minimum absolute atomic E-state index is 0.108. The van der Waals surface area contributed by atoms with E-state index < -0.39 is 0 Å². The fraction of sp³-hybridized carbons (Fsp3) is 0.562. The monoisotopic (exact) mass is 291 g/mol. The molecule has 1 aliphatic heterocycles. The normalized spacial score (nSPS) is 18.4. The molecule has 21 heavy (non-hydrogen) atoms. The van der Waals surface area contributed by atoms with E-state index >= 15 is 0 Å². The topological polar surface area (TPSA) is 44.8 Å². The molecule has 5 nitrogen and oxygen atoms in total. The van der Waals surface area contributed by atoms with Gasteiger partial charge < -0.3 is 9.64 Å². The molecule has 1 aliphatic rings. The van der Waals surface area contributed by atoms with Crippen molar-refractivity contribution in [3.63, 3.8) is 0 Å². The quantitative estimate of drug-likeness (QED) is 0.803. The summed E-state index contributed by atoms with van der Waals surface area (Å²) in [5.41, 5.74) is 4.02. The van der Waals surface area contributed by atoms with Gasteiger partial charge in [0.25, 0.3) is 0 Å². The van der Waals surface area contributed by atoms with Crippen molar-refractivity contribution in [3.05, 3.63) is 29.8 Å². The molecule has 0 saturated carbocycles. The van der Waals surface area contributed by atoms with Gasteiger partial charge in [-0.25, -0.2) is 10.4 Å². The highest BCUT2D eigenvalue weighted by Crippen LogP contribution is 2.13. The summed E-state index contributed by atoms with van der Waals surface area (Å²) in [5, 5.41) is 2.14. The Morgan fingerprint density at radius 1 is 1.24 bits per heavy atom. The molecule has 1 unspecified atom stereocenters. The Morgan fingerprint density at radius 2 is 1.86 bits per heavy atom. The van der Waals surface area contributed by atoms with Gasteiger partial charge in [-0.3, -0.25) is 4.79 Å². The summed E-state index contributed by atoms with van der Waals surface area (Å²) in [6.07, 6.45) is 0. The SMILES string of the molecule is CCOc1ccc(C(=O)C(C)NN2CCN(C)CC2)cc1. The Hall–Kier alpha value is -1.43. The molecule has 0 spiro atoms. The summed E-state index contributed by atoms with van der Waals surface area (Å²) in [6.45, 7) is 8.43. The molecule has 2 rings (SSSR count). The number of ketones is 1. The molecule has 0 aromatic heterocycles. The van der Waals surface area contributed by atoms with E-state index in [9.17, 15) is 4.79 Å². The summed E-state index contributed by atoms with van der Waals surface area (Å²) in [6, 6.07) is 7.13. The summed E-state index contributed by atoms with van der Waals surface area (Å²) in [4.78, 5) is 14.7. The largest absolute Gasteiger partial charge is 0.494 e. The number of benzene rings is 1. The first kappa shape index (κ1) is 15.9. The second kappa shape index (κ2) is 7.54. The maximum absolute atomic E-state index is 12.4. The molecule has 1 aromatic rings. The number of hydrazine groups is 1. The first-order chi connectivity index (χ1) is 10.1. The number of hydrogen-bond acceptors (Lipinski definition) is 5. The summed E-state index contributed by atoms with van der Waals surface area (Å²) >= 11 is 0. The molecule has 1 heterocycles. The summed E-state index contributed by atoms with van der Waals surface area (Å²) in [7, 11) is 2.12. The predicted octanol–water partition coefficient (Wildman–Crippen LogP) is 1.41. The van der Waals surface area contributed by atoms with E-state index in [1.807, 2.05) is 38.1 Å². The van der Waals surface area contributed by atoms with Crippen molar-refractivity contribution >= 4 is 5.78 Å². The van der Waals surface area contributed by atoms with Crippen LogP contribution >= 0.6 is 0 Å². The number of ether oxygens (including phenoxy) is 1. The van der Waals surface area contributed by atoms with Crippen molar-refractivity contribution in [3.8, 4) is 5.75 Å². The van der Waals surface area contributed by atoms with Crippen LogP contribution in [0.3, 0.4) is 0 Å². The third-order valence-electron chi connectivity index (χ3n) is 3.72. The Bertz CT molecular complexity index is 453. The third-order valence-corrected chi connectivity index (χ3v) is 3.72. The van der Waals surface area contributed by atoms with Gasteiger partial charge in [-0.1, -0.05) is 0 Å². The second-order valence-corrected chi connectivity index (χ2v) is 5.46. The number of nitrogens with one attached hydrogen (secondary N) is 1. The highest BCUT2D eigenvalue weighted by atomic mass is 16.5. The molecule has 0 radical (unpaired) electrons. The lowest BCUT2D eigenvalue weighted by molar-refractivity contribution is 0.0718. The molecule has 1 N–H and O–H groups in total. The predicted molar refractivity (Wildman–Crippen MR) is 83.6 cm³/mol. The van der Waals surface area contributed by atoms with Crippen LogP contribution < -0.4 is 10.2 Å². The van der Waals surface area contributed by atoms with Crippen molar-refractivity contribution < 1.29 is 9.53 Å². The van der Waals surface area contributed by atoms with Gasteiger partial charge in [-0.05, 0) is 45.2 Å². The van der Waals surface area contributed by atoms with Gasteiger partial charge in [0.1, 0.15) is 5.75 Å². The molecule has 0 amide bonds. The fourth-order valence-corrected chi connectivity index (χ4v) is 2.40. The van der Waals surface area contributed by atoms with Gasteiger partial charge in [-0.15, -0.1) is 0 Å². The summed E-state index contributed by atoms with van der Waals surface area (Å²) < 4.78 is 5.39. The van der Waals surface area contributed by atoms with Crippen LogP contribution in [0.2, 0.25) is 0 Å². The molecule has 0 bridgehead atoms. The van der Waals surface area contributed by atoms with Gasteiger partial charge in [0, 0.05) is 31.7 Å². The zero-order chi connectivity index (χ0) is 15.2. The van der Waals surface area contributed by atoms with E-state index in [1.54, 1.807) is 0 Å². The number of piperazine rings is 1. The van der Waals surface area contributed by atoms with Crippen LogP contribution in [0.1, 0.15) is 24.2 Å². The first-order valence-corrected chi connectivity index (χ1v) is 7.57. The lowest BCUT2D eigenvalue weighted by Crippen LogP contribution is -2.54. The van der Waals surface area contributed by atoms with Crippen LogP contribution in [-0.4, -0.2) is 61.6 Å². The van der Waals surface area contributed by atoms with Crippen molar-refractivity contribution in [1.82, 2.24) is 15.3 Å². The maximum Gasteiger partial charge on any atom is 0.180 e. The van der Waals surface area contributed by atoms with Crippen LogP contribution in [-0.2, 0) is 0 Å². The average Bonchev–Trinajstić information content (AvgIpc) is 2.50. The highest BCUT2D eigenvalue weighted by Gasteiger charge is 2.20. The molecular weight excluding hydrogens is 266 g/mol. The van der Waals surface area contributed by atoms with Crippen molar-refractivity contribution in [2.75, 3.05) is 39.8 Å². The highest BCUT2D eigenvalue weighted by molar-refractivity contribution is 5.99. The molecule has 5 heteroatoms. The maximum atomic E-state index is 12.4. The summed E-state index contributed by atoms with van der Waals surface area (Å²) in [5.74, 6) is 0.908. The minimum atomic E-state index is -0.216. The Morgan fingerprint density at radius 3 is 2.43 bits per heavy atom. The lowest BCUT2D eigenvalue weighted by atomic mass is 10.1. The van der Waals surface area contributed by atoms with Crippen LogP contribution in [0.25, 0.3) is 0 Å². The molecule has 1 atom stereocenters. The number of rotatable bonds is 6. The van der Waals surface area contributed by atoms with Crippen LogP contribution in [0, 0.1) is 0 Å². The Balaban J connectivity index is 1.89. The van der Waals surface area contributed by atoms with Gasteiger partial charge in [-0.2, -0.15) is 0 Å². The van der Waals surface area contributed by atoms with Crippen molar-refractivity contribution in [1.29, 1.82) is 0 Å². The number of likely N-dealkylation sites (N-methyl/N-ethyl adjacent to an activating group) is 1. The fourth-order valence-electron chi connectivity index (χ4n) is 2.40. The number of carbonyl (C=O) groups excluding carboxylic acids is 1. The van der Waals surface area contributed by atoms with Gasteiger partial charge in [0.2, 0.25) is 0 Å². The molecule has 1 fully saturated rings. The van der Waals surface area contributed by atoms with E-state index in [-0.39, 0.29) is 11.8 Å². The van der Waals surface area contributed by atoms with E-state index in [4.69, 9.17) is 4.74 Å². The Labute approximate surface area is 126 Å². The van der Waals surface area contributed by atoms with Crippen molar-refractivity contribution in [2.45, 2.75) is 19.9 Å². The number of hydrogen-bond donors (Lipinski definition) is 1. The van der Waals surface area contributed by atoms with Gasteiger partial charge >= 0.3 is 0 Å². The average molecular weight is 291 g/mol. The number of nitrogens with zero attached hydrogens (tertiary/aromatic N) is 2. The van der Waals surface area contributed by atoms with Gasteiger partial charge in [0.05, 0.1) is 12.6 Å². The third kappa shape index (κ3) is 4.52. The number of carbonyl (C=O) groups is 1. The minimum Gasteiger partial charge on any atom is -0.494 e. The van der Waals surface area contributed by atoms with E-state index in [2.05, 4.69) is 22.4 Å². The molecular formula is C16H25N3O2. The molecule has 0 aliphatic carbocycles. The lowest BCUT2D eigenvalue weighted by Gasteiger charge is -2.34. The number of Topliss-reactive ketones (excluding diaryl/α,β-unsaturated/α-hetero) is 1. The first-order valence-electron chi connectivity index (χ1n) is 7.57. The molecule has 1 aromatic carbocycles. The smallest absolute Gasteiger partial charge is 0.180 e. The standard InChI is InChI=1S/C16H25N3O2/c1-4-21-15-7-5-14(6-8-15)16(20)13(2)17-19-11-9-18(3)10-12-19/h5-8,13,17H,4,9-12H2,1-3H3. The van der Waals surface area contributed by atoms with Crippen LogP contribution in [0.15, 0.2) is 24.3 Å². The van der Waals surface area contributed by atoms with E-state index in [0.29, 0.717) is 12.2 Å². The van der Waals surface area contributed by atoms with E-state index in [1.165, 1.54) is 0 Å². The zero-order valence-corrected chi connectivity index (χ0v) is 13.1. The Kier molecular flexibility index (Phi) is 5.73. The van der Waals surface area contributed by atoms with Crippen molar-refractivity contribution in [2.24, 2.45) is 0 Å². The van der Waals surface area contributed by atoms with Gasteiger partial charge in [0.15, 0.2) is 5.78 Å². The van der Waals surface area contributed by atoms with Crippen LogP contribution in [0.4, 0.5) is 0 Å². The molecule has 116 valence electrons. The van der Waals surface area contributed by atoms with E-state index in [0.717, 1.165) is 31.9 Å².